The lowest BCUT2D eigenvalue weighted by molar-refractivity contribution is 0.579. The highest BCUT2D eigenvalue weighted by atomic mass is 15.3. The van der Waals surface area contributed by atoms with Gasteiger partial charge < -0.3 is 21.4 Å². The van der Waals surface area contributed by atoms with E-state index in [1.807, 2.05) is 0 Å². The summed E-state index contributed by atoms with van der Waals surface area (Å²) in [5, 5.41) is 19.5. The molecule has 0 saturated carbocycles. The van der Waals surface area contributed by atoms with Crippen LogP contribution < -0.4 is 16.0 Å². The molecule has 0 amide bonds. The third-order valence-electron chi connectivity index (χ3n) is 4.35. The highest BCUT2D eigenvalue weighted by molar-refractivity contribution is 6.12. The number of hydrogen-bond donors (Lipinski definition) is 4. The van der Waals surface area contributed by atoms with Crippen molar-refractivity contribution < 1.29 is 0 Å². The predicted octanol–water partition coefficient (Wildman–Crippen LogP) is 0.713. The molecular formula is C18H23N9. The second-order valence-electron chi connectivity index (χ2n) is 6.15. The van der Waals surface area contributed by atoms with Crippen LogP contribution in [0.1, 0.15) is 22.9 Å². The standard InChI is InChI=1S/C18H23N9/c1-22-10-12(9-19)16-8-13(14(20)11-25-16)17(21)15-2-3-24-18(26-15)27-6-4-23-5-7-27/h2-3,8-12,19,21,23H,4-7,20H2,1H3. The first kappa shape index (κ1) is 18.6. The third kappa shape index (κ3) is 4.14. The summed E-state index contributed by atoms with van der Waals surface area (Å²) in [7, 11) is 1.65. The van der Waals surface area contributed by atoms with Crippen LogP contribution in [0.4, 0.5) is 11.6 Å². The van der Waals surface area contributed by atoms with Crippen molar-refractivity contribution in [2.75, 3.05) is 43.9 Å². The Morgan fingerprint density at radius 3 is 2.85 bits per heavy atom. The molecule has 1 saturated heterocycles. The summed E-state index contributed by atoms with van der Waals surface area (Å²) in [6, 6.07) is 3.43. The summed E-state index contributed by atoms with van der Waals surface area (Å²) in [6.45, 7) is 3.43. The van der Waals surface area contributed by atoms with Crippen LogP contribution in [0.15, 0.2) is 29.5 Å². The molecule has 0 radical (unpaired) electrons. The summed E-state index contributed by atoms with van der Waals surface area (Å²) >= 11 is 0. The first-order valence-corrected chi connectivity index (χ1v) is 8.70. The van der Waals surface area contributed by atoms with Gasteiger partial charge in [-0.1, -0.05) is 0 Å². The minimum Gasteiger partial charge on any atom is -0.397 e. The van der Waals surface area contributed by atoms with Crippen molar-refractivity contribution in [3.8, 4) is 0 Å². The SMILES string of the molecule is CN=CC(C=N)c1cc(C(=N)c2ccnc(N3CCNCC3)n2)c(N)cn1. The van der Waals surface area contributed by atoms with E-state index in [-0.39, 0.29) is 11.6 Å². The van der Waals surface area contributed by atoms with Crippen molar-refractivity contribution >= 4 is 29.8 Å². The van der Waals surface area contributed by atoms with Gasteiger partial charge in [0.25, 0.3) is 0 Å². The Morgan fingerprint density at radius 1 is 1.37 bits per heavy atom. The fraction of sp³-hybridized carbons (Fsp3) is 0.333. The Balaban J connectivity index is 1.92. The van der Waals surface area contributed by atoms with E-state index >= 15 is 0 Å². The molecule has 0 aliphatic carbocycles. The van der Waals surface area contributed by atoms with Gasteiger partial charge in [0.15, 0.2) is 0 Å². The highest BCUT2D eigenvalue weighted by Gasteiger charge is 2.18. The zero-order valence-corrected chi connectivity index (χ0v) is 15.2. The van der Waals surface area contributed by atoms with Crippen LogP contribution in [-0.2, 0) is 0 Å². The largest absolute Gasteiger partial charge is 0.397 e. The normalized spacial score (nSPS) is 15.7. The van der Waals surface area contributed by atoms with Crippen LogP contribution in [-0.4, -0.2) is 66.3 Å². The van der Waals surface area contributed by atoms with Crippen LogP contribution in [0.25, 0.3) is 0 Å². The molecule has 1 aliphatic heterocycles. The van der Waals surface area contributed by atoms with E-state index in [2.05, 4.69) is 30.2 Å². The van der Waals surface area contributed by atoms with E-state index in [0.717, 1.165) is 26.2 Å². The number of nitrogens with two attached hydrogens (primary N) is 1. The van der Waals surface area contributed by atoms with Crippen LogP contribution in [0.5, 0.6) is 0 Å². The topological polar surface area (TPSA) is 140 Å². The number of rotatable bonds is 6. The van der Waals surface area contributed by atoms with Gasteiger partial charge in [0.05, 0.1) is 34.9 Å². The molecule has 3 heterocycles. The summed E-state index contributed by atoms with van der Waals surface area (Å²) in [4.78, 5) is 19.3. The first-order chi connectivity index (χ1) is 13.1. The minimum absolute atomic E-state index is 0.201. The molecule has 9 nitrogen and oxygen atoms in total. The smallest absolute Gasteiger partial charge is 0.225 e. The molecule has 5 N–H and O–H groups in total. The van der Waals surface area contributed by atoms with Gasteiger partial charge in [-0.3, -0.25) is 15.4 Å². The van der Waals surface area contributed by atoms with Gasteiger partial charge in [-0.05, 0) is 12.1 Å². The Hall–Kier alpha value is -3.20. The van der Waals surface area contributed by atoms with E-state index in [9.17, 15) is 0 Å². The Kier molecular flexibility index (Phi) is 5.82. The molecule has 1 unspecified atom stereocenters. The van der Waals surface area contributed by atoms with E-state index in [1.54, 1.807) is 31.6 Å². The molecule has 140 valence electrons. The number of aromatic nitrogens is 3. The molecule has 0 bridgehead atoms. The number of aliphatic imine (C=N–C) groups is 1. The van der Waals surface area contributed by atoms with E-state index in [0.29, 0.717) is 28.6 Å². The lowest BCUT2D eigenvalue weighted by Gasteiger charge is -2.27. The molecule has 3 rings (SSSR count). The third-order valence-corrected chi connectivity index (χ3v) is 4.35. The monoisotopic (exact) mass is 365 g/mol. The van der Waals surface area contributed by atoms with Crippen molar-refractivity contribution in [3.63, 3.8) is 0 Å². The molecule has 0 aromatic carbocycles. The summed E-state index contributed by atoms with van der Waals surface area (Å²) in [5.41, 5.74) is 8.30. The van der Waals surface area contributed by atoms with Crippen LogP contribution in [0.3, 0.4) is 0 Å². The maximum Gasteiger partial charge on any atom is 0.225 e. The minimum atomic E-state index is -0.357. The van der Waals surface area contributed by atoms with Gasteiger partial charge in [-0.25, -0.2) is 9.97 Å². The molecule has 2 aromatic heterocycles. The second-order valence-corrected chi connectivity index (χ2v) is 6.15. The van der Waals surface area contributed by atoms with Gasteiger partial charge >= 0.3 is 0 Å². The van der Waals surface area contributed by atoms with Crippen LogP contribution in [0, 0.1) is 10.8 Å². The van der Waals surface area contributed by atoms with E-state index in [1.165, 1.54) is 12.4 Å². The average molecular weight is 365 g/mol. The Labute approximate surface area is 157 Å². The number of piperazine rings is 1. The molecule has 9 heteroatoms. The zero-order chi connectivity index (χ0) is 19.2. The number of hydrogen-bond acceptors (Lipinski definition) is 9. The predicted molar refractivity (Wildman–Crippen MR) is 108 cm³/mol. The van der Waals surface area contributed by atoms with E-state index in [4.69, 9.17) is 16.6 Å². The summed E-state index contributed by atoms with van der Waals surface area (Å²) < 4.78 is 0. The average Bonchev–Trinajstić information content (AvgIpc) is 2.73. The second kappa shape index (κ2) is 8.45. The number of nitrogens with one attached hydrogen (secondary N) is 3. The van der Waals surface area contributed by atoms with Gasteiger partial charge in [0, 0.05) is 57.4 Å². The first-order valence-electron chi connectivity index (χ1n) is 8.70. The van der Waals surface area contributed by atoms with Gasteiger partial charge in [0.2, 0.25) is 5.95 Å². The molecule has 1 fully saturated rings. The molecule has 27 heavy (non-hydrogen) atoms. The maximum absolute atomic E-state index is 8.60. The van der Waals surface area contributed by atoms with Gasteiger partial charge in [0.1, 0.15) is 0 Å². The van der Waals surface area contributed by atoms with Crippen molar-refractivity contribution in [1.29, 1.82) is 10.8 Å². The van der Waals surface area contributed by atoms with Crippen molar-refractivity contribution in [2.24, 2.45) is 4.99 Å². The number of nitrogen functional groups attached to an aromatic ring is 1. The molecular weight excluding hydrogens is 342 g/mol. The lowest BCUT2D eigenvalue weighted by Crippen LogP contribution is -2.44. The van der Waals surface area contributed by atoms with Crippen LogP contribution >= 0.6 is 0 Å². The summed E-state index contributed by atoms with van der Waals surface area (Å²) in [5.74, 6) is 0.256. The Morgan fingerprint density at radius 2 is 2.15 bits per heavy atom. The highest BCUT2D eigenvalue weighted by Crippen LogP contribution is 2.20. The van der Waals surface area contributed by atoms with E-state index < -0.39 is 0 Å². The zero-order valence-electron chi connectivity index (χ0n) is 15.2. The fourth-order valence-electron chi connectivity index (χ4n) is 2.89. The van der Waals surface area contributed by atoms with Gasteiger partial charge in [-0.15, -0.1) is 0 Å². The molecule has 1 aliphatic rings. The number of pyridine rings is 1. The quantitative estimate of drug-likeness (QED) is 0.556. The van der Waals surface area contributed by atoms with Gasteiger partial charge in [-0.2, -0.15) is 0 Å². The maximum atomic E-state index is 8.60. The van der Waals surface area contributed by atoms with Crippen molar-refractivity contribution in [3.05, 3.63) is 41.5 Å². The number of anilines is 2. The number of nitrogens with zero attached hydrogens (tertiary/aromatic N) is 5. The molecule has 0 spiro atoms. The molecule has 1 atom stereocenters. The molecule has 2 aromatic rings. The summed E-state index contributed by atoms with van der Waals surface area (Å²) in [6.07, 6.45) is 6.06. The van der Waals surface area contributed by atoms with Crippen molar-refractivity contribution in [1.82, 2.24) is 20.3 Å². The lowest BCUT2D eigenvalue weighted by atomic mass is 10.0. The van der Waals surface area contributed by atoms with Crippen molar-refractivity contribution in [2.45, 2.75) is 5.92 Å². The Bertz CT molecular complexity index is 856. The van der Waals surface area contributed by atoms with Crippen LogP contribution in [0.2, 0.25) is 0 Å². The fourth-order valence-corrected chi connectivity index (χ4v) is 2.89.